The lowest BCUT2D eigenvalue weighted by atomic mass is 10.0. The van der Waals surface area contributed by atoms with Gasteiger partial charge in [-0.2, -0.15) is 0 Å². The molecule has 3 fully saturated rings. The highest BCUT2D eigenvalue weighted by atomic mass is 32.2. The minimum atomic E-state index is 0.262. The quantitative estimate of drug-likeness (QED) is 0.768. The molecule has 0 aromatic heterocycles. The molecule has 3 nitrogen and oxygen atoms in total. The van der Waals surface area contributed by atoms with Crippen LogP contribution in [0.3, 0.4) is 0 Å². The first-order valence-corrected chi connectivity index (χ1v) is 7.89. The largest absolute Gasteiger partial charge is 0.381 e. The number of thioether (sulfide) groups is 1. The molecule has 0 bridgehead atoms. The number of carbonyl (C=O) groups excluding carboxylic acids is 1. The van der Waals surface area contributed by atoms with Gasteiger partial charge in [0.05, 0.1) is 5.25 Å². The second kappa shape index (κ2) is 5.19. The molecule has 3 aliphatic rings. The number of hydrogen-bond donors (Lipinski definition) is 0. The van der Waals surface area contributed by atoms with Gasteiger partial charge in [-0.3, -0.25) is 4.79 Å². The van der Waals surface area contributed by atoms with Gasteiger partial charge < -0.3 is 9.64 Å². The maximum Gasteiger partial charge on any atom is 0.236 e. The molecule has 2 aliphatic heterocycles. The number of ether oxygens (including phenoxy) is 1. The molecule has 1 atom stereocenters. The van der Waals surface area contributed by atoms with Crippen molar-refractivity contribution in [2.45, 2.75) is 43.4 Å². The summed E-state index contributed by atoms with van der Waals surface area (Å²) in [5, 5.41) is 0.262. The molecule has 2 saturated heterocycles. The summed E-state index contributed by atoms with van der Waals surface area (Å²) in [5.74, 6) is 2.35. The van der Waals surface area contributed by atoms with E-state index in [0.717, 1.165) is 37.9 Å². The molecule has 2 heterocycles. The third-order valence-electron chi connectivity index (χ3n) is 4.05. The van der Waals surface area contributed by atoms with Crippen LogP contribution < -0.4 is 0 Å². The van der Waals surface area contributed by atoms with E-state index in [4.69, 9.17) is 4.74 Å². The Kier molecular flexibility index (Phi) is 3.61. The molecule has 96 valence electrons. The predicted octanol–water partition coefficient (Wildman–Crippen LogP) is 1.91. The normalized spacial score (nSPS) is 31.2. The van der Waals surface area contributed by atoms with Crippen molar-refractivity contribution in [1.29, 1.82) is 0 Å². The SMILES string of the molecule is O=C1C(SCC2CCOCC2)CCN1C1CC1. The van der Waals surface area contributed by atoms with Crippen LogP contribution in [0.25, 0.3) is 0 Å². The van der Waals surface area contributed by atoms with Crippen molar-refractivity contribution in [3.8, 4) is 0 Å². The van der Waals surface area contributed by atoms with Crippen molar-refractivity contribution in [2.24, 2.45) is 5.92 Å². The number of hydrogen-bond acceptors (Lipinski definition) is 3. The van der Waals surface area contributed by atoms with E-state index in [9.17, 15) is 4.79 Å². The topological polar surface area (TPSA) is 29.5 Å². The first-order chi connectivity index (χ1) is 8.34. The standard InChI is InChI=1S/C13H21NO2S/c15-13-12(3-6-14(13)11-1-2-11)17-9-10-4-7-16-8-5-10/h10-12H,1-9H2. The van der Waals surface area contributed by atoms with Crippen LogP contribution >= 0.6 is 11.8 Å². The summed E-state index contributed by atoms with van der Waals surface area (Å²) in [6.07, 6.45) is 5.91. The van der Waals surface area contributed by atoms with E-state index in [1.807, 2.05) is 11.8 Å². The Labute approximate surface area is 107 Å². The van der Waals surface area contributed by atoms with Gasteiger partial charge in [0.2, 0.25) is 5.91 Å². The zero-order valence-electron chi connectivity index (χ0n) is 10.3. The predicted molar refractivity (Wildman–Crippen MR) is 69.1 cm³/mol. The van der Waals surface area contributed by atoms with Crippen LogP contribution in [0.1, 0.15) is 32.1 Å². The van der Waals surface area contributed by atoms with E-state index in [-0.39, 0.29) is 5.25 Å². The van der Waals surface area contributed by atoms with Crippen molar-refractivity contribution in [2.75, 3.05) is 25.5 Å². The lowest BCUT2D eigenvalue weighted by molar-refractivity contribution is -0.127. The molecule has 0 spiro atoms. The summed E-state index contributed by atoms with van der Waals surface area (Å²) in [5.41, 5.74) is 0. The molecule has 1 amide bonds. The van der Waals surface area contributed by atoms with Crippen LogP contribution in [-0.2, 0) is 9.53 Å². The van der Waals surface area contributed by atoms with Crippen molar-refractivity contribution in [1.82, 2.24) is 4.90 Å². The average Bonchev–Trinajstić information content (AvgIpc) is 3.13. The molecule has 0 radical (unpaired) electrons. The lowest BCUT2D eigenvalue weighted by Crippen LogP contribution is -2.30. The Hall–Kier alpha value is -0.220. The van der Waals surface area contributed by atoms with E-state index in [2.05, 4.69) is 4.90 Å². The Bertz CT molecular complexity index is 287. The minimum absolute atomic E-state index is 0.262. The van der Waals surface area contributed by atoms with E-state index in [1.54, 1.807) is 0 Å². The highest BCUT2D eigenvalue weighted by Gasteiger charge is 2.40. The second-order valence-corrected chi connectivity index (χ2v) is 6.66. The van der Waals surface area contributed by atoms with Crippen molar-refractivity contribution in [3.63, 3.8) is 0 Å². The first-order valence-electron chi connectivity index (χ1n) is 6.84. The Morgan fingerprint density at radius 1 is 1.18 bits per heavy atom. The summed E-state index contributed by atoms with van der Waals surface area (Å²) >= 11 is 1.90. The van der Waals surface area contributed by atoms with Gasteiger partial charge in [-0.25, -0.2) is 0 Å². The number of amides is 1. The fourth-order valence-corrected chi connectivity index (χ4v) is 4.13. The van der Waals surface area contributed by atoms with Crippen LogP contribution in [0.5, 0.6) is 0 Å². The van der Waals surface area contributed by atoms with Crippen molar-refractivity contribution in [3.05, 3.63) is 0 Å². The van der Waals surface area contributed by atoms with Gasteiger partial charge in [0.25, 0.3) is 0 Å². The highest BCUT2D eigenvalue weighted by Crippen LogP contribution is 2.35. The number of rotatable bonds is 4. The summed E-state index contributed by atoms with van der Waals surface area (Å²) in [7, 11) is 0. The van der Waals surface area contributed by atoms with E-state index in [1.165, 1.54) is 25.7 Å². The zero-order chi connectivity index (χ0) is 11.7. The third-order valence-corrected chi connectivity index (χ3v) is 5.56. The van der Waals surface area contributed by atoms with Gasteiger partial charge in [-0.15, -0.1) is 11.8 Å². The monoisotopic (exact) mass is 255 g/mol. The Morgan fingerprint density at radius 3 is 2.65 bits per heavy atom. The van der Waals surface area contributed by atoms with Gasteiger partial charge in [-0.1, -0.05) is 0 Å². The first kappa shape index (κ1) is 11.8. The van der Waals surface area contributed by atoms with E-state index >= 15 is 0 Å². The summed E-state index contributed by atoms with van der Waals surface area (Å²) in [6.45, 7) is 2.84. The lowest BCUT2D eigenvalue weighted by Gasteiger charge is -2.22. The number of carbonyl (C=O) groups is 1. The summed E-state index contributed by atoms with van der Waals surface area (Å²) < 4.78 is 5.36. The highest BCUT2D eigenvalue weighted by molar-refractivity contribution is 8.00. The molecular weight excluding hydrogens is 234 g/mol. The van der Waals surface area contributed by atoms with Gasteiger partial charge in [0.1, 0.15) is 0 Å². The van der Waals surface area contributed by atoms with Gasteiger partial charge >= 0.3 is 0 Å². The summed E-state index contributed by atoms with van der Waals surface area (Å²) in [4.78, 5) is 14.3. The Balaban J connectivity index is 1.44. The van der Waals surface area contributed by atoms with Gasteiger partial charge in [0, 0.05) is 25.8 Å². The molecule has 0 N–H and O–H groups in total. The van der Waals surface area contributed by atoms with E-state index < -0.39 is 0 Å². The van der Waals surface area contributed by atoms with Gasteiger partial charge in [0.15, 0.2) is 0 Å². The number of likely N-dealkylation sites (tertiary alicyclic amines) is 1. The minimum Gasteiger partial charge on any atom is -0.381 e. The molecule has 0 aromatic rings. The number of nitrogens with zero attached hydrogens (tertiary/aromatic N) is 1. The summed E-state index contributed by atoms with van der Waals surface area (Å²) in [6, 6.07) is 0.608. The van der Waals surface area contributed by atoms with Crippen LogP contribution in [-0.4, -0.2) is 47.6 Å². The Morgan fingerprint density at radius 2 is 1.94 bits per heavy atom. The smallest absolute Gasteiger partial charge is 0.236 e. The third kappa shape index (κ3) is 2.79. The average molecular weight is 255 g/mol. The van der Waals surface area contributed by atoms with Gasteiger partial charge in [-0.05, 0) is 43.8 Å². The molecule has 1 unspecified atom stereocenters. The molecule has 1 saturated carbocycles. The molecule has 0 aromatic carbocycles. The molecule has 1 aliphatic carbocycles. The van der Waals surface area contributed by atoms with Crippen molar-refractivity contribution >= 4 is 17.7 Å². The fourth-order valence-electron chi connectivity index (χ4n) is 2.74. The molecular formula is C13H21NO2S. The van der Waals surface area contributed by atoms with Crippen LogP contribution in [0, 0.1) is 5.92 Å². The van der Waals surface area contributed by atoms with Crippen LogP contribution in [0.2, 0.25) is 0 Å². The molecule has 4 heteroatoms. The zero-order valence-corrected chi connectivity index (χ0v) is 11.1. The molecule has 3 rings (SSSR count). The van der Waals surface area contributed by atoms with Crippen LogP contribution in [0.4, 0.5) is 0 Å². The van der Waals surface area contributed by atoms with Crippen molar-refractivity contribution < 1.29 is 9.53 Å². The maximum atomic E-state index is 12.1. The fraction of sp³-hybridized carbons (Fsp3) is 0.923. The molecule has 17 heavy (non-hydrogen) atoms. The second-order valence-electron chi connectivity index (χ2n) is 5.43. The van der Waals surface area contributed by atoms with E-state index in [0.29, 0.717) is 11.9 Å². The maximum absolute atomic E-state index is 12.1. The van der Waals surface area contributed by atoms with Crippen LogP contribution in [0.15, 0.2) is 0 Å².